The minimum absolute atomic E-state index is 0.247. The zero-order chi connectivity index (χ0) is 13.0. The van der Waals surface area contributed by atoms with Gasteiger partial charge in [-0.3, -0.25) is 4.79 Å². The van der Waals surface area contributed by atoms with Gasteiger partial charge in [-0.2, -0.15) is 0 Å². The molecule has 1 saturated carbocycles. The van der Waals surface area contributed by atoms with Crippen molar-refractivity contribution in [3.8, 4) is 0 Å². The number of nitrogens with two attached hydrogens (primary N) is 1. The number of aliphatic hydroxyl groups is 1. The second-order valence-corrected chi connectivity index (χ2v) is 5.90. The summed E-state index contributed by atoms with van der Waals surface area (Å²) in [5, 5.41) is 15.0. The summed E-state index contributed by atoms with van der Waals surface area (Å²) in [6.07, 6.45) is 4.54. The van der Waals surface area contributed by atoms with Gasteiger partial charge in [-0.15, -0.1) is 11.3 Å². The summed E-state index contributed by atoms with van der Waals surface area (Å²) in [6, 6.07) is 1.81. The molecule has 100 valence electrons. The maximum Gasteiger partial charge on any atom is 0.249 e. The topological polar surface area (TPSA) is 75.4 Å². The number of rotatable bonds is 6. The van der Waals surface area contributed by atoms with E-state index in [0.29, 0.717) is 24.6 Å². The molecule has 0 radical (unpaired) electrons. The number of carbonyl (C=O) groups excluding carboxylic acids is 1. The average molecular weight is 268 g/mol. The Balaban J connectivity index is 1.72. The van der Waals surface area contributed by atoms with Crippen molar-refractivity contribution in [3.05, 3.63) is 21.9 Å². The van der Waals surface area contributed by atoms with Crippen LogP contribution in [0.4, 0.5) is 0 Å². The first kappa shape index (κ1) is 13.5. The first-order valence-corrected chi connectivity index (χ1v) is 7.31. The molecule has 0 bridgehead atoms. The van der Waals surface area contributed by atoms with Crippen LogP contribution in [0.5, 0.6) is 0 Å². The summed E-state index contributed by atoms with van der Waals surface area (Å²) >= 11 is 1.52. The van der Waals surface area contributed by atoms with E-state index in [2.05, 4.69) is 5.32 Å². The van der Waals surface area contributed by atoms with Crippen LogP contribution in [0.2, 0.25) is 0 Å². The molecule has 1 atom stereocenters. The van der Waals surface area contributed by atoms with Gasteiger partial charge in [-0.1, -0.05) is 12.8 Å². The average Bonchev–Trinajstić information content (AvgIpc) is 3.00. The van der Waals surface area contributed by atoms with E-state index in [4.69, 9.17) is 5.73 Å². The lowest BCUT2D eigenvalue weighted by atomic mass is 10.0. The van der Waals surface area contributed by atoms with E-state index in [1.165, 1.54) is 24.2 Å². The number of carbonyl (C=O) groups is 1. The van der Waals surface area contributed by atoms with Gasteiger partial charge in [0.05, 0.1) is 11.7 Å². The van der Waals surface area contributed by atoms with E-state index in [9.17, 15) is 9.90 Å². The lowest BCUT2D eigenvalue weighted by Gasteiger charge is -2.17. The van der Waals surface area contributed by atoms with E-state index < -0.39 is 0 Å². The fourth-order valence-electron chi connectivity index (χ4n) is 2.45. The Bertz CT molecular complexity index is 399. The molecule has 1 heterocycles. The van der Waals surface area contributed by atoms with Crippen molar-refractivity contribution in [1.29, 1.82) is 0 Å². The van der Waals surface area contributed by atoms with Gasteiger partial charge in [0.2, 0.25) is 5.91 Å². The van der Waals surface area contributed by atoms with Crippen LogP contribution in [-0.4, -0.2) is 23.7 Å². The number of thiophene rings is 1. The second-order valence-electron chi connectivity index (χ2n) is 4.91. The predicted octanol–water partition coefficient (Wildman–Crippen LogP) is 1.49. The number of hydrogen-bond donors (Lipinski definition) is 3. The maximum atomic E-state index is 10.9. The third-order valence-electron chi connectivity index (χ3n) is 3.53. The Kier molecular flexibility index (Phi) is 4.74. The third kappa shape index (κ3) is 3.54. The lowest BCUT2D eigenvalue weighted by Crippen LogP contribution is -2.31. The summed E-state index contributed by atoms with van der Waals surface area (Å²) in [5.74, 6) is 0.0745. The number of aliphatic hydroxyl groups excluding tert-OH is 1. The standard InChI is InChI=1S/C13H20N2O2S/c14-13(17)10-5-11(18-8-10)6-15-7-12(16)9-3-1-2-4-9/h5,8-9,12,15-16H,1-4,6-7H2,(H2,14,17). The van der Waals surface area contributed by atoms with E-state index in [1.54, 1.807) is 5.38 Å². The Morgan fingerprint density at radius 3 is 2.89 bits per heavy atom. The smallest absolute Gasteiger partial charge is 0.249 e. The lowest BCUT2D eigenvalue weighted by molar-refractivity contribution is 0.1000. The molecule has 1 aromatic heterocycles. The summed E-state index contributed by atoms with van der Waals surface area (Å²) in [6.45, 7) is 1.30. The number of primary amides is 1. The third-order valence-corrected chi connectivity index (χ3v) is 4.47. The fraction of sp³-hybridized carbons (Fsp3) is 0.615. The molecule has 4 nitrogen and oxygen atoms in total. The molecular weight excluding hydrogens is 248 g/mol. The van der Waals surface area contributed by atoms with Gasteiger partial charge in [0.1, 0.15) is 0 Å². The molecule has 1 fully saturated rings. The number of amides is 1. The highest BCUT2D eigenvalue weighted by Crippen LogP contribution is 2.27. The molecule has 0 aliphatic heterocycles. The summed E-state index contributed by atoms with van der Waals surface area (Å²) < 4.78 is 0. The van der Waals surface area contributed by atoms with Crippen molar-refractivity contribution in [1.82, 2.24) is 5.32 Å². The SMILES string of the molecule is NC(=O)c1csc(CNCC(O)C2CCCC2)c1. The Labute approximate surface area is 111 Å². The van der Waals surface area contributed by atoms with Crippen LogP contribution in [0.1, 0.15) is 40.9 Å². The highest BCUT2D eigenvalue weighted by molar-refractivity contribution is 7.10. The summed E-state index contributed by atoms with van der Waals surface area (Å²) in [4.78, 5) is 12.0. The van der Waals surface area contributed by atoms with Crippen molar-refractivity contribution in [3.63, 3.8) is 0 Å². The van der Waals surface area contributed by atoms with Crippen LogP contribution >= 0.6 is 11.3 Å². The van der Waals surface area contributed by atoms with E-state index in [0.717, 1.165) is 17.7 Å². The van der Waals surface area contributed by atoms with Crippen molar-refractivity contribution < 1.29 is 9.90 Å². The molecule has 1 aromatic rings. The largest absolute Gasteiger partial charge is 0.392 e. The molecule has 4 N–H and O–H groups in total. The van der Waals surface area contributed by atoms with Gasteiger partial charge in [0.15, 0.2) is 0 Å². The quantitative estimate of drug-likeness (QED) is 0.731. The molecule has 1 aliphatic carbocycles. The summed E-state index contributed by atoms with van der Waals surface area (Å²) in [5.41, 5.74) is 5.76. The monoisotopic (exact) mass is 268 g/mol. The van der Waals surface area contributed by atoms with Crippen molar-refractivity contribution in [2.24, 2.45) is 11.7 Å². The minimum atomic E-state index is -0.386. The van der Waals surface area contributed by atoms with Crippen molar-refractivity contribution >= 4 is 17.2 Å². The molecule has 2 rings (SSSR count). The highest BCUT2D eigenvalue weighted by atomic mass is 32.1. The second kappa shape index (κ2) is 6.31. The Morgan fingerprint density at radius 1 is 1.56 bits per heavy atom. The van der Waals surface area contributed by atoms with E-state index in [-0.39, 0.29) is 12.0 Å². The fourth-order valence-corrected chi connectivity index (χ4v) is 3.30. The van der Waals surface area contributed by atoms with Crippen LogP contribution in [0.15, 0.2) is 11.4 Å². The van der Waals surface area contributed by atoms with Gasteiger partial charge >= 0.3 is 0 Å². The van der Waals surface area contributed by atoms with E-state index >= 15 is 0 Å². The molecule has 1 amide bonds. The molecule has 18 heavy (non-hydrogen) atoms. The molecule has 0 saturated heterocycles. The predicted molar refractivity (Wildman–Crippen MR) is 72.5 cm³/mol. The number of nitrogens with one attached hydrogen (secondary N) is 1. The van der Waals surface area contributed by atoms with E-state index in [1.807, 2.05) is 6.07 Å². The Morgan fingerprint density at radius 2 is 2.28 bits per heavy atom. The molecular formula is C13H20N2O2S. The van der Waals surface area contributed by atoms with Crippen LogP contribution in [0, 0.1) is 5.92 Å². The summed E-state index contributed by atoms with van der Waals surface area (Å²) in [7, 11) is 0. The maximum absolute atomic E-state index is 10.9. The van der Waals surface area contributed by atoms with Gasteiger partial charge in [-0.05, 0) is 24.8 Å². The highest BCUT2D eigenvalue weighted by Gasteiger charge is 2.22. The van der Waals surface area contributed by atoms with Gasteiger partial charge in [0, 0.05) is 23.3 Å². The first-order valence-electron chi connectivity index (χ1n) is 6.43. The normalized spacial score (nSPS) is 18.1. The van der Waals surface area contributed by atoms with Crippen LogP contribution in [-0.2, 0) is 6.54 Å². The molecule has 1 aliphatic rings. The molecule has 5 heteroatoms. The van der Waals surface area contributed by atoms with Crippen LogP contribution in [0.25, 0.3) is 0 Å². The molecule has 0 spiro atoms. The van der Waals surface area contributed by atoms with Gasteiger partial charge in [0.25, 0.3) is 0 Å². The molecule has 1 unspecified atom stereocenters. The van der Waals surface area contributed by atoms with Crippen LogP contribution < -0.4 is 11.1 Å². The van der Waals surface area contributed by atoms with Gasteiger partial charge in [-0.25, -0.2) is 0 Å². The Hall–Kier alpha value is -0.910. The zero-order valence-electron chi connectivity index (χ0n) is 10.4. The number of hydrogen-bond acceptors (Lipinski definition) is 4. The zero-order valence-corrected chi connectivity index (χ0v) is 11.2. The van der Waals surface area contributed by atoms with Gasteiger partial charge < -0.3 is 16.2 Å². The molecule has 0 aromatic carbocycles. The van der Waals surface area contributed by atoms with Crippen LogP contribution in [0.3, 0.4) is 0 Å². The van der Waals surface area contributed by atoms with Crippen molar-refractivity contribution in [2.45, 2.75) is 38.3 Å². The minimum Gasteiger partial charge on any atom is -0.392 e. The van der Waals surface area contributed by atoms with Crippen molar-refractivity contribution in [2.75, 3.05) is 6.54 Å². The first-order chi connectivity index (χ1) is 8.66.